The molecule has 0 radical (unpaired) electrons. The maximum atomic E-state index is 10.7. The van der Waals surface area contributed by atoms with Crippen molar-refractivity contribution in [3.05, 3.63) is 65.5 Å². The Morgan fingerprint density at radius 3 is 2.41 bits per heavy atom. The second-order valence-electron chi connectivity index (χ2n) is 3.52. The molecular weight excluding hydrogens is 214 g/mol. The minimum atomic E-state index is -0.912. The van der Waals surface area contributed by atoms with Crippen LogP contribution in [0.3, 0.4) is 0 Å². The molecule has 0 aliphatic heterocycles. The van der Waals surface area contributed by atoms with Crippen molar-refractivity contribution >= 4 is 18.1 Å². The van der Waals surface area contributed by atoms with Crippen LogP contribution in [0, 0.1) is 0 Å². The summed E-state index contributed by atoms with van der Waals surface area (Å²) in [6.07, 6.45) is 5.51. The Morgan fingerprint density at radius 1 is 1.06 bits per heavy atom. The molecule has 0 saturated carbocycles. The van der Waals surface area contributed by atoms with Crippen LogP contribution >= 0.6 is 0 Å². The van der Waals surface area contributed by atoms with Crippen molar-refractivity contribution < 1.29 is 9.90 Å². The van der Waals surface area contributed by atoms with E-state index >= 15 is 0 Å². The number of aromatic carboxylic acids is 1. The molecule has 0 aliphatic rings. The number of nitrogens with zero attached hydrogens (tertiary/aromatic N) is 1. The fraction of sp³-hybridized carbons (Fsp3) is 0. The molecule has 0 spiro atoms. The summed E-state index contributed by atoms with van der Waals surface area (Å²) in [4.78, 5) is 14.8. The third-order valence-corrected chi connectivity index (χ3v) is 2.29. The van der Waals surface area contributed by atoms with Crippen molar-refractivity contribution in [1.82, 2.24) is 4.98 Å². The first-order chi connectivity index (χ1) is 8.25. The lowest BCUT2D eigenvalue weighted by atomic mass is 10.1. The normalized spacial score (nSPS) is 10.6. The molecule has 0 atom stereocenters. The molecule has 0 bridgehead atoms. The molecule has 0 amide bonds. The van der Waals surface area contributed by atoms with Crippen LogP contribution in [0.1, 0.15) is 21.6 Å². The van der Waals surface area contributed by atoms with Gasteiger partial charge in [-0.3, -0.25) is 4.98 Å². The van der Waals surface area contributed by atoms with E-state index in [9.17, 15) is 4.79 Å². The van der Waals surface area contributed by atoms with Crippen LogP contribution in [0.15, 0.2) is 48.7 Å². The Hall–Kier alpha value is -2.42. The van der Waals surface area contributed by atoms with Gasteiger partial charge in [-0.05, 0) is 35.9 Å². The summed E-state index contributed by atoms with van der Waals surface area (Å²) in [7, 11) is 0. The molecule has 17 heavy (non-hydrogen) atoms. The van der Waals surface area contributed by atoms with Gasteiger partial charge in [0.15, 0.2) is 0 Å². The number of rotatable bonds is 3. The number of aromatic nitrogens is 1. The van der Waals surface area contributed by atoms with E-state index in [4.69, 9.17) is 5.11 Å². The summed E-state index contributed by atoms with van der Waals surface area (Å²) < 4.78 is 0. The van der Waals surface area contributed by atoms with Crippen molar-refractivity contribution in [3.63, 3.8) is 0 Å². The molecule has 3 heteroatoms. The Morgan fingerprint density at radius 2 is 1.82 bits per heavy atom. The van der Waals surface area contributed by atoms with Gasteiger partial charge < -0.3 is 5.11 Å². The molecule has 1 heterocycles. The quantitative estimate of drug-likeness (QED) is 0.873. The van der Waals surface area contributed by atoms with Crippen LogP contribution in [0.25, 0.3) is 12.2 Å². The molecule has 0 unspecified atom stereocenters. The molecule has 1 N–H and O–H groups in total. The van der Waals surface area contributed by atoms with E-state index in [1.165, 1.54) is 0 Å². The Kier molecular flexibility index (Phi) is 3.31. The van der Waals surface area contributed by atoms with Gasteiger partial charge in [-0.1, -0.05) is 24.3 Å². The van der Waals surface area contributed by atoms with Crippen LogP contribution in [0.2, 0.25) is 0 Å². The number of benzene rings is 1. The first-order valence-corrected chi connectivity index (χ1v) is 5.18. The zero-order valence-electron chi connectivity index (χ0n) is 9.08. The van der Waals surface area contributed by atoms with Gasteiger partial charge in [-0.2, -0.15) is 0 Å². The van der Waals surface area contributed by atoms with Crippen molar-refractivity contribution in [1.29, 1.82) is 0 Å². The first-order valence-electron chi connectivity index (χ1n) is 5.18. The van der Waals surface area contributed by atoms with Crippen LogP contribution in [0.5, 0.6) is 0 Å². The summed E-state index contributed by atoms with van der Waals surface area (Å²) in [5.41, 5.74) is 2.11. The summed E-state index contributed by atoms with van der Waals surface area (Å²) >= 11 is 0. The van der Waals surface area contributed by atoms with Gasteiger partial charge in [0, 0.05) is 6.20 Å². The number of hydrogen-bond acceptors (Lipinski definition) is 2. The maximum Gasteiger partial charge on any atom is 0.335 e. The number of carboxylic acid groups (broad SMARTS) is 1. The Balaban J connectivity index is 2.14. The number of pyridine rings is 1. The van der Waals surface area contributed by atoms with Crippen molar-refractivity contribution in [2.45, 2.75) is 0 Å². The van der Waals surface area contributed by atoms with Crippen molar-refractivity contribution in [2.75, 3.05) is 0 Å². The van der Waals surface area contributed by atoms with Crippen LogP contribution in [-0.4, -0.2) is 16.1 Å². The molecule has 0 fully saturated rings. The van der Waals surface area contributed by atoms with E-state index in [0.29, 0.717) is 5.56 Å². The average molecular weight is 225 g/mol. The first kappa shape index (κ1) is 11.1. The lowest BCUT2D eigenvalue weighted by Crippen LogP contribution is -1.94. The van der Waals surface area contributed by atoms with Gasteiger partial charge in [-0.15, -0.1) is 0 Å². The molecule has 0 saturated heterocycles. The highest BCUT2D eigenvalue weighted by molar-refractivity contribution is 5.88. The van der Waals surface area contributed by atoms with Gasteiger partial charge in [0.25, 0.3) is 0 Å². The average Bonchev–Trinajstić information content (AvgIpc) is 2.38. The molecule has 84 valence electrons. The van der Waals surface area contributed by atoms with Gasteiger partial charge in [-0.25, -0.2) is 4.79 Å². The largest absolute Gasteiger partial charge is 0.478 e. The van der Waals surface area contributed by atoms with Crippen LogP contribution in [-0.2, 0) is 0 Å². The molecule has 1 aromatic carbocycles. The second kappa shape index (κ2) is 5.07. The minimum absolute atomic E-state index is 0.292. The zero-order chi connectivity index (χ0) is 12.1. The van der Waals surface area contributed by atoms with Gasteiger partial charge in [0.05, 0.1) is 11.3 Å². The molecule has 2 rings (SSSR count). The standard InChI is InChI=1S/C14H11NO2/c16-14(17)12-7-4-11(5-8-12)6-9-13-3-1-2-10-15-13/h1-10H,(H,16,17). The highest BCUT2D eigenvalue weighted by atomic mass is 16.4. The maximum absolute atomic E-state index is 10.7. The fourth-order valence-corrected chi connectivity index (χ4v) is 1.39. The van der Waals surface area contributed by atoms with E-state index < -0.39 is 5.97 Å². The van der Waals surface area contributed by atoms with E-state index in [-0.39, 0.29) is 0 Å². The summed E-state index contributed by atoms with van der Waals surface area (Å²) in [5.74, 6) is -0.912. The number of hydrogen-bond donors (Lipinski definition) is 1. The van der Waals surface area contributed by atoms with Gasteiger partial charge in [0.1, 0.15) is 0 Å². The predicted molar refractivity (Wildman–Crippen MR) is 66.6 cm³/mol. The van der Waals surface area contributed by atoms with E-state index in [1.807, 2.05) is 30.4 Å². The Bertz CT molecular complexity index is 530. The summed E-state index contributed by atoms with van der Waals surface area (Å²) in [6, 6.07) is 12.4. The third kappa shape index (κ3) is 3.01. The topological polar surface area (TPSA) is 50.2 Å². The van der Waals surface area contributed by atoms with Gasteiger partial charge in [0.2, 0.25) is 0 Å². The van der Waals surface area contributed by atoms with Crippen LogP contribution < -0.4 is 0 Å². The monoisotopic (exact) mass is 225 g/mol. The highest BCUT2D eigenvalue weighted by Gasteiger charge is 1.99. The number of carboxylic acids is 1. The fourth-order valence-electron chi connectivity index (χ4n) is 1.39. The number of carbonyl (C=O) groups is 1. The van der Waals surface area contributed by atoms with E-state index in [0.717, 1.165) is 11.3 Å². The van der Waals surface area contributed by atoms with Crippen molar-refractivity contribution in [3.8, 4) is 0 Å². The molecule has 0 aliphatic carbocycles. The third-order valence-electron chi connectivity index (χ3n) is 2.29. The highest BCUT2D eigenvalue weighted by Crippen LogP contribution is 2.08. The Labute approximate surface area is 99.1 Å². The van der Waals surface area contributed by atoms with E-state index in [2.05, 4.69) is 4.98 Å². The zero-order valence-corrected chi connectivity index (χ0v) is 9.08. The molecule has 1 aromatic heterocycles. The predicted octanol–water partition coefficient (Wildman–Crippen LogP) is 2.95. The molecule has 2 aromatic rings. The van der Waals surface area contributed by atoms with E-state index in [1.54, 1.807) is 30.5 Å². The molecular formula is C14H11NO2. The summed E-state index contributed by atoms with van der Waals surface area (Å²) in [6.45, 7) is 0. The van der Waals surface area contributed by atoms with Gasteiger partial charge >= 0.3 is 5.97 Å². The lowest BCUT2D eigenvalue weighted by molar-refractivity contribution is 0.0697. The summed E-state index contributed by atoms with van der Waals surface area (Å²) in [5, 5.41) is 8.76. The van der Waals surface area contributed by atoms with Crippen molar-refractivity contribution in [2.24, 2.45) is 0 Å². The molecule has 3 nitrogen and oxygen atoms in total. The smallest absolute Gasteiger partial charge is 0.335 e. The minimum Gasteiger partial charge on any atom is -0.478 e. The lowest BCUT2D eigenvalue weighted by Gasteiger charge is -1.96. The van der Waals surface area contributed by atoms with Crippen LogP contribution in [0.4, 0.5) is 0 Å². The second-order valence-corrected chi connectivity index (χ2v) is 3.52. The SMILES string of the molecule is O=C(O)c1ccc(C=Cc2ccccn2)cc1.